The highest BCUT2D eigenvalue weighted by Gasteiger charge is 2.32. The maximum atomic E-state index is 11.8. The van der Waals surface area contributed by atoms with Crippen molar-refractivity contribution in [3.63, 3.8) is 0 Å². The fourth-order valence-corrected chi connectivity index (χ4v) is 1.45. The SMILES string of the molecule is CON(C)C(=O)C1=CC=C(C)NC1(C)N. The maximum absolute atomic E-state index is 11.8. The number of dihydropyridines is 1. The van der Waals surface area contributed by atoms with Gasteiger partial charge < -0.3 is 11.1 Å². The lowest BCUT2D eigenvalue weighted by Gasteiger charge is -2.33. The molecule has 1 aliphatic rings. The van der Waals surface area contributed by atoms with Crippen LogP contribution in [-0.2, 0) is 9.63 Å². The highest BCUT2D eigenvalue weighted by Crippen LogP contribution is 2.19. The van der Waals surface area contributed by atoms with Crippen LogP contribution in [0.15, 0.2) is 23.4 Å². The second kappa shape index (κ2) is 4.04. The summed E-state index contributed by atoms with van der Waals surface area (Å²) in [7, 11) is 2.98. The molecule has 1 aliphatic heterocycles. The molecule has 5 heteroatoms. The first-order valence-electron chi connectivity index (χ1n) is 4.67. The average molecular weight is 211 g/mol. The third-order valence-electron chi connectivity index (χ3n) is 2.31. The molecule has 1 amide bonds. The van der Waals surface area contributed by atoms with Crippen molar-refractivity contribution in [2.24, 2.45) is 5.73 Å². The van der Waals surface area contributed by atoms with Crippen LogP contribution in [0, 0.1) is 0 Å². The van der Waals surface area contributed by atoms with Gasteiger partial charge in [-0.15, -0.1) is 0 Å². The van der Waals surface area contributed by atoms with E-state index in [1.807, 2.05) is 13.0 Å². The average Bonchev–Trinajstić information content (AvgIpc) is 2.14. The number of hydroxylamine groups is 2. The van der Waals surface area contributed by atoms with E-state index in [1.165, 1.54) is 7.11 Å². The summed E-state index contributed by atoms with van der Waals surface area (Å²) in [6.07, 6.45) is 3.52. The number of hydrogen-bond donors (Lipinski definition) is 2. The van der Waals surface area contributed by atoms with Crippen molar-refractivity contribution in [2.75, 3.05) is 14.2 Å². The van der Waals surface area contributed by atoms with Gasteiger partial charge in [0, 0.05) is 12.7 Å². The van der Waals surface area contributed by atoms with E-state index in [0.29, 0.717) is 5.57 Å². The Morgan fingerprint density at radius 2 is 2.20 bits per heavy atom. The van der Waals surface area contributed by atoms with Gasteiger partial charge in [-0.25, -0.2) is 5.06 Å². The van der Waals surface area contributed by atoms with Crippen molar-refractivity contribution in [2.45, 2.75) is 19.5 Å². The highest BCUT2D eigenvalue weighted by atomic mass is 16.7. The van der Waals surface area contributed by atoms with E-state index in [4.69, 9.17) is 10.6 Å². The maximum Gasteiger partial charge on any atom is 0.276 e. The van der Waals surface area contributed by atoms with Crippen LogP contribution in [0.2, 0.25) is 0 Å². The molecule has 0 aromatic carbocycles. The Morgan fingerprint density at radius 3 is 2.67 bits per heavy atom. The standard InChI is InChI=1S/C10H17N3O2/c1-7-5-6-8(10(2,11)12-7)9(14)13(3)15-4/h5-6,12H,11H2,1-4H3. The number of nitrogens with two attached hydrogens (primary N) is 1. The summed E-state index contributed by atoms with van der Waals surface area (Å²) in [6, 6.07) is 0. The van der Waals surface area contributed by atoms with Gasteiger partial charge in [0.05, 0.1) is 12.7 Å². The summed E-state index contributed by atoms with van der Waals surface area (Å²) in [5.74, 6) is -0.251. The first kappa shape index (κ1) is 11.7. The predicted molar refractivity (Wildman–Crippen MR) is 57.3 cm³/mol. The predicted octanol–water partition coefficient (Wildman–Crippen LogP) is 0.115. The van der Waals surface area contributed by atoms with Gasteiger partial charge >= 0.3 is 0 Å². The molecule has 0 spiro atoms. The second-order valence-electron chi connectivity index (χ2n) is 3.74. The fourth-order valence-electron chi connectivity index (χ4n) is 1.45. The van der Waals surface area contributed by atoms with Crippen molar-refractivity contribution in [3.8, 4) is 0 Å². The molecule has 0 fully saturated rings. The molecule has 1 atom stereocenters. The molecule has 0 radical (unpaired) electrons. The molecule has 0 aromatic rings. The van der Waals surface area contributed by atoms with Crippen LogP contribution in [-0.4, -0.2) is 30.8 Å². The molecular formula is C10H17N3O2. The normalized spacial score (nSPS) is 25.1. The van der Waals surface area contributed by atoms with Crippen LogP contribution in [0.25, 0.3) is 0 Å². The molecule has 5 nitrogen and oxygen atoms in total. The number of amides is 1. The van der Waals surface area contributed by atoms with Crippen LogP contribution in [0.1, 0.15) is 13.8 Å². The van der Waals surface area contributed by atoms with E-state index in [1.54, 1.807) is 20.0 Å². The molecule has 0 bridgehead atoms. The lowest BCUT2D eigenvalue weighted by atomic mass is 9.97. The zero-order chi connectivity index (χ0) is 11.6. The summed E-state index contributed by atoms with van der Waals surface area (Å²) in [5, 5.41) is 4.18. The highest BCUT2D eigenvalue weighted by molar-refractivity contribution is 5.95. The summed E-state index contributed by atoms with van der Waals surface area (Å²) in [5.41, 5.74) is 6.52. The monoisotopic (exact) mass is 211 g/mol. The van der Waals surface area contributed by atoms with Crippen LogP contribution in [0.5, 0.6) is 0 Å². The molecule has 15 heavy (non-hydrogen) atoms. The molecule has 1 heterocycles. The van der Waals surface area contributed by atoms with Gasteiger partial charge in [0.2, 0.25) is 0 Å². The third-order valence-corrected chi connectivity index (χ3v) is 2.31. The van der Waals surface area contributed by atoms with Gasteiger partial charge in [0.25, 0.3) is 5.91 Å². The molecule has 1 rings (SSSR count). The van der Waals surface area contributed by atoms with Gasteiger partial charge in [-0.2, -0.15) is 0 Å². The quantitative estimate of drug-likeness (QED) is 0.636. The molecule has 0 aromatic heterocycles. The van der Waals surface area contributed by atoms with Crippen molar-refractivity contribution in [1.29, 1.82) is 0 Å². The zero-order valence-corrected chi connectivity index (χ0v) is 9.50. The zero-order valence-electron chi connectivity index (χ0n) is 9.50. The Hall–Kier alpha value is -1.33. The summed E-state index contributed by atoms with van der Waals surface area (Å²) >= 11 is 0. The van der Waals surface area contributed by atoms with E-state index in [-0.39, 0.29) is 5.91 Å². The number of hydrogen-bond acceptors (Lipinski definition) is 4. The molecular weight excluding hydrogens is 194 g/mol. The Morgan fingerprint density at radius 1 is 1.60 bits per heavy atom. The van der Waals surface area contributed by atoms with Crippen LogP contribution < -0.4 is 11.1 Å². The van der Waals surface area contributed by atoms with Crippen molar-refractivity contribution >= 4 is 5.91 Å². The summed E-state index contributed by atoms with van der Waals surface area (Å²) in [6.45, 7) is 3.64. The smallest absolute Gasteiger partial charge is 0.276 e. The Bertz CT molecular complexity index is 332. The lowest BCUT2D eigenvalue weighted by molar-refractivity contribution is -0.164. The number of nitrogens with zero attached hydrogens (tertiary/aromatic N) is 1. The summed E-state index contributed by atoms with van der Waals surface area (Å²) in [4.78, 5) is 16.7. The number of allylic oxidation sites excluding steroid dienone is 3. The molecule has 1 unspecified atom stereocenters. The van der Waals surface area contributed by atoms with E-state index >= 15 is 0 Å². The first-order chi connectivity index (χ1) is 6.88. The van der Waals surface area contributed by atoms with Gasteiger partial charge in [-0.1, -0.05) is 0 Å². The van der Waals surface area contributed by atoms with Gasteiger partial charge in [-0.3, -0.25) is 9.63 Å². The Balaban J connectivity index is 2.98. The Labute approximate surface area is 89.5 Å². The minimum Gasteiger partial charge on any atom is -0.367 e. The fraction of sp³-hybridized carbons (Fsp3) is 0.500. The van der Waals surface area contributed by atoms with Gasteiger partial charge in [0.15, 0.2) is 0 Å². The van der Waals surface area contributed by atoms with E-state index < -0.39 is 5.66 Å². The number of nitrogens with one attached hydrogen (secondary N) is 1. The number of rotatable bonds is 2. The molecule has 0 aliphatic carbocycles. The van der Waals surface area contributed by atoms with Crippen molar-refractivity contribution in [1.82, 2.24) is 10.4 Å². The molecule has 84 valence electrons. The minimum absolute atomic E-state index is 0.251. The number of carbonyl (C=O) groups is 1. The van der Waals surface area contributed by atoms with E-state index in [0.717, 1.165) is 10.8 Å². The molecule has 3 N–H and O–H groups in total. The number of likely N-dealkylation sites (N-methyl/N-ethyl adjacent to an activating group) is 1. The van der Waals surface area contributed by atoms with Crippen LogP contribution >= 0.6 is 0 Å². The molecule has 0 saturated carbocycles. The molecule has 0 saturated heterocycles. The van der Waals surface area contributed by atoms with Crippen molar-refractivity contribution in [3.05, 3.63) is 23.4 Å². The van der Waals surface area contributed by atoms with E-state index in [2.05, 4.69) is 5.32 Å². The summed E-state index contributed by atoms with van der Waals surface area (Å²) < 4.78 is 0. The van der Waals surface area contributed by atoms with Crippen molar-refractivity contribution < 1.29 is 9.63 Å². The lowest BCUT2D eigenvalue weighted by Crippen LogP contribution is -2.56. The van der Waals surface area contributed by atoms with Crippen LogP contribution in [0.4, 0.5) is 0 Å². The van der Waals surface area contributed by atoms with Crippen LogP contribution in [0.3, 0.4) is 0 Å². The third kappa shape index (κ3) is 2.37. The first-order valence-corrected chi connectivity index (χ1v) is 4.67. The van der Waals surface area contributed by atoms with Gasteiger partial charge in [-0.05, 0) is 26.0 Å². The largest absolute Gasteiger partial charge is 0.367 e. The van der Waals surface area contributed by atoms with Gasteiger partial charge in [0.1, 0.15) is 5.66 Å². The number of carbonyl (C=O) groups excluding carboxylic acids is 1. The Kier molecular flexibility index (Phi) is 3.16. The minimum atomic E-state index is -0.858. The second-order valence-corrected chi connectivity index (χ2v) is 3.74. The van der Waals surface area contributed by atoms with E-state index in [9.17, 15) is 4.79 Å². The topological polar surface area (TPSA) is 67.6 Å².